The normalized spacial score (nSPS) is 13.2. The summed E-state index contributed by atoms with van der Waals surface area (Å²) in [5.41, 5.74) is -3.72. The predicted molar refractivity (Wildman–Crippen MR) is 52.0 cm³/mol. The molecular formula is C10H5F6N2O2-. The largest absolute Gasteiger partial charge is 0.545 e. The second-order valence-electron chi connectivity index (χ2n) is 3.46. The van der Waals surface area contributed by atoms with E-state index >= 15 is 0 Å². The highest BCUT2D eigenvalue weighted by molar-refractivity contribution is 5.79. The highest BCUT2D eigenvalue weighted by atomic mass is 19.4. The molecule has 0 radical (unpaired) electrons. The lowest BCUT2D eigenvalue weighted by Crippen LogP contribution is -2.26. The number of carbonyl (C=O) groups is 1. The SMILES string of the molecule is O=C([O-])/C=C(/Nc1cncc(C(F)(F)F)c1)C(F)(F)F. The zero-order chi connectivity index (χ0) is 15.6. The molecule has 4 nitrogen and oxygen atoms in total. The van der Waals surface area contributed by atoms with Gasteiger partial charge in [0.25, 0.3) is 0 Å². The number of anilines is 1. The average Bonchev–Trinajstić information content (AvgIpc) is 2.25. The molecule has 0 unspecified atom stereocenters. The molecule has 0 spiro atoms. The standard InChI is InChI=1S/C10H6F6N2O2/c11-9(12,13)5-1-6(4-17-3-5)18-7(2-8(19)20)10(14,15)16/h1-4,18H,(H,19,20)/p-1/b7-2+. The fourth-order valence-electron chi connectivity index (χ4n) is 1.13. The topological polar surface area (TPSA) is 65.0 Å². The molecule has 0 aliphatic heterocycles. The molecule has 0 bridgehead atoms. The number of carbonyl (C=O) groups excluding carboxylic acids is 1. The van der Waals surface area contributed by atoms with E-state index in [9.17, 15) is 36.2 Å². The van der Waals surface area contributed by atoms with Crippen molar-refractivity contribution in [2.45, 2.75) is 12.4 Å². The number of halogens is 6. The van der Waals surface area contributed by atoms with Crippen molar-refractivity contribution in [3.05, 3.63) is 35.8 Å². The van der Waals surface area contributed by atoms with Crippen LogP contribution < -0.4 is 10.4 Å². The van der Waals surface area contributed by atoms with Crippen LogP contribution in [0.25, 0.3) is 0 Å². The van der Waals surface area contributed by atoms with Crippen LogP contribution in [0.15, 0.2) is 30.2 Å². The molecule has 0 saturated heterocycles. The number of hydrogen-bond acceptors (Lipinski definition) is 4. The Labute approximate surface area is 107 Å². The van der Waals surface area contributed by atoms with Crippen molar-refractivity contribution in [3.8, 4) is 0 Å². The first-order chi connectivity index (χ1) is 9.00. The van der Waals surface area contributed by atoms with Crippen molar-refractivity contribution in [2.24, 2.45) is 0 Å². The smallest absolute Gasteiger partial charge is 0.431 e. The third kappa shape index (κ3) is 4.44. The number of carboxylic acids is 1. The molecule has 0 aliphatic rings. The van der Waals surface area contributed by atoms with Gasteiger partial charge >= 0.3 is 12.4 Å². The van der Waals surface area contributed by atoms with Crippen molar-refractivity contribution < 1.29 is 36.2 Å². The first-order valence-electron chi connectivity index (χ1n) is 4.79. The Morgan fingerprint density at radius 3 is 2.25 bits per heavy atom. The number of aromatic nitrogens is 1. The van der Waals surface area contributed by atoms with Gasteiger partial charge in [0.15, 0.2) is 0 Å². The molecule has 0 saturated carbocycles. The van der Waals surface area contributed by atoms with Crippen molar-refractivity contribution in [3.63, 3.8) is 0 Å². The quantitative estimate of drug-likeness (QED) is 0.681. The first kappa shape index (κ1) is 15.8. The highest BCUT2D eigenvalue weighted by Gasteiger charge is 2.35. The number of rotatable bonds is 3. The van der Waals surface area contributed by atoms with E-state index in [1.165, 1.54) is 5.32 Å². The van der Waals surface area contributed by atoms with E-state index < -0.39 is 35.3 Å². The summed E-state index contributed by atoms with van der Waals surface area (Å²) in [4.78, 5) is 13.3. The van der Waals surface area contributed by atoms with Crippen LogP contribution in [-0.4, -0.2) is 17.1 Å². The Kier molecular flexibility index (Phi) is 4.26. The summed E-state index contributed by atoms with van der Waals surface area (Å²) in [6, 6.07) is 0.363. The summed E-state index contributed by atoms with van der Waals surface area (Å²) in [6.07, 6.45) is -9.10. The summed E-state index contributed by atoms with van der Waals surface area (Å²) in [5, 5.41) is 11.7. The van der Waals surface area contributed by atoms with Gasteiger partial charge in [-0.05, 0) is 12.1 Å². The van der Waals surface area contributed by atoms with Gasteiger partial charge in [-0.3, -0.25) is 4.98 Å². The summed E-state index contributed by atoms with van der Waals surface area (Å²) in [6.45, 7) is 0. The molecule has 0 atom stereocenters. The van der Waals surface area contributed by atoms with Gasteiger partial charge in [-0.25, -0.2) is 0 Å². The minimum absolute atomic E-state index is 0.305. The molecule has 0 fully saturated rings. The summed E-state index contributed by atoms with van der Waals surface area (Å²) < 4.78 is 74.3. The van der Waals surface area contributed by atoms with Crippen molar-refractivity contribution in [1.82, 2.24) is 4.98 Å². The Hall–Kier alpha value is -2.26. The molecule has 1 N–H and O–H groups in total. The zero-order valence-electron chi connectivity index (χ0n) is 9.34. The second-order valence-corrected chi connectivity index (χ2v) is 3.46. The number of hydrogen-bond donors (Lipinski definition) is 1. The molecule has 1 aromatic rings. The van der Waals surface area contributed by atoms with Crippen LogP contribution in [0, 0.1) is 0 Å². The number of aliphatic carboxylic acids is 1. The lowest BCUT2D eigenvalue weighted by molar-refractivity contribution is -0.297. The van der Waals surface area contributed by atoms with Crippen LogP contribution >= 0.6 is 0 Å². The van der Waals surface area contributed by atoms with E-state index in [1.54, 1.807) is 0 Å². The zero-order valence-corrected chi connectivity index (χ0v) is 9.34. The van der Waals surface area contributed by atoms with Gasteiger partial charge in [0.2, 0.25) is 0 Å². The summed E-state index contributed by atoms with van der Waals surface area (Å²) in [5.74, 6) is -2.15. The van der Waals surface area contributed by atoms with Crippen LogP contribution in [0.2, 0.25) is 0 Å². The van der Waals surface area contributed by atoms with E-state index in [4.69, 9.17) is 0 Å². The first-order valence-corrected chi connectivity index (χ1v) is 4.79. The third-order valence-corrected chi connectivity index (χ3v) is 1.91. The lowest BCUT2D eigenvalue weighted by Gasteiger charge is -2.15. The number of pyridine rings is 1. The molecule has 10 heteroatoms. The number of nitrogens with zero attached hydrogens (tertiary/aromatic N) is 1. The van der Waals surface area contributed by atoms with Gasteiger partial charge in [-0.15, -0.1) is 0 Å². The number of allylic oxidation sites excluding steroid dienone is 1. The molecule has 20 heavy (non-hydrogen) atoms. The van der Waals surface area contributed by atoms with Crippen LogP contribution in [0.1, 0.15) is 5.56 Å². The van der Waals surface area contributed by atoms with Gasteiger partial charge < -0.3 is 15.2 Å². The molecule has 110 valence electrons. The van der Waals surface area contributed by atoms with E-state index in [0.29, 0.717) is 18.5 Å². The molecular weight excluding hydrogens is 294 g/mol. The van der Waals surface area contributed by atoms with Crippen molar-refractivity contribution >= 4 is 11.7 Å². The Balaban J connectivity index is 3.10. The maximum atomic E-state index is 12.4. The Morgan fingerprint density at radius 2 is 1.80 bits per heavy atom. The van der Waals surface area contributed by atoms with E-state index in [0.717, 1.165) is 0 Å². The third-order valence-electron chi connectivity index (χ3n) is 1.91. The van der Waals surface area contributed by atoms with Gasteiger partial charge in [-0.2, -0.15) is 26.3 Å². The maximum Gasteiger partial charge on any atom is 0.431 e. The number of nitrogens with one attached hydrogen (secondary N) is 1. The van der Waals surface area contributed by atoms with Gasteiger partial charge in [0.05, 0.1) is 23.4 Å². The molecule has 0 aliphatic carbocycles. The molecule has 0 aromatic carbocycles. The maximum absolute atomic E-state index is 12.4. The van der Waals surface area contributed by atoms with Gasteiger partial charge in [0.1, 0.15) is 5.70 Å². The van der Waals surface area contributed by atoms with E-state index in [-0.39, 0.29) is 6.08 Å². The minimum Gasteiger partial charge on any atom is -0.545 e. The highest BCUT2D eigenvalue weighted by Crippen LogP contribution is 2.31. The molecule has 1 aromatic heterocycles. The van der Waals surface area contributed by atoms with Crippen LogP contribution in [-0.2, 0) is 11.0 Å². The summed E-state index contributed by atoms with van der Waals surface area (Å²) >= 11 is 0. The Bertz CT molecular complexity index is 535. The lowest BCUT2D eigenvalue weighted by atomic mass is 10.2. The predicted octanol–water partition coefficient (Wildman–Crippen LogP) is 1.71. The summed E-state index contributed by atoms with van der Waals surface area (Å²) in [7, 11) is 0. The number of carboxylic acid groups (broad SMARTS) is 1. The molecule has 1 heterocycles. The molecule has 0 amide bonds. The van der Waals surface area contributed by atoms with Crippen LogP contribution in [0.5, 0.6) is 0 Å². The minimum atomic E-state index is -5.10. The van der Waals surface area contributed by atoms with E-state index in [2.05, 4.69) is 4.98 Å². The second kappa shape index (κ2) is 5.39. The Morgan fingerprint density at radius 1 is 1.20 bits per heavy atom. The van der Waals surface area contributed by atoms with Gasteiger partial charge in [0, 0.05) is 6.20 Å². The van der Waals surface area contributed by atoms with E-state index in [1.807, 2.05) is 0 Å². The molecule has 1 rings (SSSR count). The van der Waals surface area contributed by atoms with Gasteiger partial charge in [-0.1, -0.05) is 0 Å². The fraction of sp³-hybridized carbons (Fsp3) is 0.200. The monoisotopic (exact) mass is 299 g/mol. The number of alkyl halides is 6. The van der Waals surface area contributed by atoms with Crippen LogP contribution in [0.4, 0.5) is 32.0 Å². The fourth-order valence-corrected chi connectivity index (χ4v) is 1.13. The van der Waals surface area contributed by atoms with Crippen molar-refractivity contribution in [1.29, 1.82) is 0 Å². The van der Waals surface area contributed by atoms with Crippen LogP contribution in [0.3, 0.4) is 0 Å². The van der Waals surface area contributed by atoms with Crippen molar-refractivity contribution in [2.75, 3.05) is 5.32 Å². The average molecular weight is 299 g/mol.